The minimum Gasteiger partial charge on any atom is -0.311 e. The summed E-state index contributed by atoms with van der Waals surface area (Å²) in [6, 6.07) is 1.55. The van der Waals surface area contributed by atoms with Gasteiger partial charge in [0.15, 0.2) is 0 Å². The van der Waals surface area contributed by atoms with Crippen molar-refractivity contribution in [2.45, 2.75) is 44.7 Å². The van der Waals surface area contributed by atoms with E-state index in [2.05, 4.69) is 22.6 Å². The number of hydrogen-bond acceptors (Lipinski definition) is 3. The highest BCUT2D eigenvalue weighted by molar-refractivity contribution is 7.09. The quantitative estimate of drug-likeness (QED) is 0.805. The number of fused-ring (bicyclic) bond motifs is 2. The topological polar surface area (TPSA) is 24.9 Å². The minimum absolute atomic E-state index is 0.722. The van der Waals surface area contributed by atoms with Gasteiger partial charge in [-0.3, -0.25) is 0 Å². The van der Waals surface area contributed by atoms with E-state index in [0.717, 1.165) is 24.4 Å². The Hall–Kier alpha value is -0.410. The maximum atomic E-state index is 4.54. The number of nitrogens with zero attached hydrogens (tertiary/aromatic N) is 1. The van der Waals surface area contributed by atoms with E-state index in [9.17, 15) is 0 Å². The van der Waals surface area contributed by atoms with Crippen molar-refractivity contribution in [2.75, 3.05) is 0 Å². The van der Waals surface area contributed by atoms with Crippen LogP contribution in [0.15, 0.2) is 5.38 Å². The van der Waals surface area contributed by atoms with Crippen molar-refractivity contribution < 1.29 is 0 Å². The standard InChI is InChI=1S/C11H16N2S/c1-7-6-14-11(12-7)5-10-8-2-3-9(4-8)13-10/h6,8-10,13H,2-5H2,1H3. The molecule has 76 valence electrons. The molecule has 3 atom stereocenters. The second-order valence-electron chi connectivity index (χ2n) is 4.63. The smallest absolute Gasteiger partial charge is 0.0943 e. The molecule has 2 bridgehead atoms. The number of thiazole rings is 1. The van der Waals surface area contributed by atoms with Gasteiger partial charge in [0.25, 0.3) is 0 Å². The van der Waals surface area contributed by atoms with E-state index in [1.165, 1.54) is 30.0 Å². The Bertz CT molecular complexity index is 334. The molecule has 14 heavy (non-hydrogen) atoms. The Morgan fingerprint density at radius 1 is 1.57 bits per heavy atom. The highest BCUT2D eigenvalue weighted by Gasteiger charge is 2.38. The van der Waals surface area contributed by atoms with Crippen LogP contribution in [0, 0.1) is 12.8 Å². The second-order valence-corrected chi connectivity index (χ2v) is 5.57. The molecule has 0 spiro atoms. The third-order valence-corrected chi connectivity index (χ3v) is 4.54. The Morgan fingerprint density at radius 3 is 3.07 bits per heavy atom. The molecule has 1 saturated heterocycles. The molecular weight excluding hydrogens is 192 g/mol. The van der Waals surface area contributed by atoms with Crippen molar-refractivity contribution in [1.29, 1.82) is 0 Å². The molecule has 0 aromatic carbocycles. The lowest BCUT2D eigenvalue weighted by Gasteiger charge is -2.21. The largest absolute Gasteiger partial charge is 0.311 e. The van der Waals surface area contributed by atoms with Gasteiger partial charge in [-0.15, -0.1) is 11.3 Å². The van der Waals surface area contributed by atoms with Crippen molar-refractivity contribution in [1.82, 2.24) is 10.3 Å². The molecule has 2 fully saturated rings. The fourth-order valence-electron chi connectivity index (χ4n) is 2.88. The summed E-state index contributed by atoms with van der Waals surface area (Å²) in [6.07, 6.45) is 5.40. The summed E-state index contributed by atoms with van der Waals surface area (Å²) in [4.78, 5) is 4.54. The Morgan fingerprint density at radius 2 is 2.50 bits per heavy atom. The van der Waals surface area contributed by atoms with Gasteiger partial charge in [-0.05, 0) is 32.1 Å². The Balaban J connectivity index is 1.68. The van der Waals surface area contributed by atoms with Crippen molar-refractivity contribution in [3.8, 4) is 0 Å². The van der Waals surface area contributed by atoms with Gasteiger partial charge in [0.05, 0.1) is 5.01 Å². The summed E-state index contributed by atoms with van der Waals surface area (Å²) in [7, 11) is 0. The zero-order valence-electron chi connectivity index (χ0n) is 8.49. The average molecular weight is 208 g/mol. The fraction of sp³-hybridized carbons (Fsp3) is 0.727. The summed E-state index contributed by atoms with van der Waals surface area (Å²) < 4.78 is 0. The lowest BCUT2D eigenvalue weighted by atomic mass is 9.98. The molecule has 1 aromatic rings. The molecule has 3 unspecified atom stereocenters. The van der Waals surface area contributed by atoms with Crippen LogP contribution in [-0.2, 0) is 6.42 Å². The predicted molar refractivity (Wildman–Crippen MR) is 58.6 cm³/mol. The van der Waals surface area contributed by atoms with E-state index in [0.29, 0.717) is 0 Å². The number of aryl methyl sites for hydroxylation is 1. The predicted octanol–water partition coefficient (Wildman–Crippen LogP) is 2.13. The first kappa shape index (κ1) is 8.86. The average Bonchev–Trinajstić information content (AvgIpc) is 2.82. The Labute approximate surface area is 88.7 Å². The van der Waals surface area contributed by atoms with Gasteiger partial charge >= 0.3 is 0 Å². The first-order chi connectivity index (χ1) is 6.81. The van der Waals surface area contributed by atoms with Crippen molar-refractivity contribution in [3.63, 3.8) is 0 Å². The van der Waals surface area contributed by atoms with Gasteiger partial charge in [-0.2, -0.15) is 0 Å². The van der Waals surface area contributed by atoms with Crippen LogP contribution >= 0.6 is 11.3 Å². The molecule has 1 aromatic heterocycles. The van der Waals surface area contributed by atoms with Gasteiger partial charge in [-0.25, -0.2) is 4.98 Å². The second kappa shape index (κ2) is 3.31. The molecule has 3 rings (SSSR count). The van der Waals surface area contributed by atoms with Gasteiger partial charge < -0.3 is 5.32 Å². The Kier molecular flexibility index (Phi) is 2.10. The lowest BCUT2D eigenvalue weighted by molar-refractivity contribution is 0.379. The summed E-state index contributed by atoms with van der Waals surface area (Å²) in [5.41, 5.74) is 1.17. The van der Waals surface area contributed by atoms with Crippen LogP contribution in [0.4, 0.5) is 0 Å². The number of hydrogen-bond donors (Lipinski definition) is 1. The van der Waals surface area contributed by atoms with Crippen LogP contribution in [-0.4, -0.2) is 17.1 Å². The van der Waals surface area contributed by atoms with Crippen LogP contribution in [0.1, 0.15) is 30.0 Å². The van der Waals surface area contributed by atoms with Crippen molar-refractivity contribution in [2.24, 2.45) is 5.92 Å². The molecule has 1 saturated carbocycles. The number of rotatable bonds is 2. The number of aromatic nitrogens is 1. The summed E-state index contributed by atoms with van der Waals surface area (Å²) in [5, 5.41) is 7.18. The number of nitrogens with one attached hydrogen (secondary N) is 1. The maximum absolute atomic E-state index is 4.54. The SMILES string of the molecule is Cc1csc(CC2NC3CCC2C3)n1. The van der Waals surface area contributed by atoms with Gasteiger partial charge in [0, 0.05) is 29.6 Å². The molecular formula is C11H16N2S. The fourth-order valence-corrected chi connectivity index (χ4v) is 3.71. The highest BCUT2D eigenvalue weighted by atomic mass is 32.1. The summed E-state index contributed by atoms with van der Waals surface area (Å²) in [6.45, 7) is 2.08. The molecule has 1 aliphatic carbocycles. The van der Waals surface area contributed by atoms with Crippen molar-refractivity contribution in [3.05, 3.63) is 16.1 Å². The normalized spacial score (nSPS) is 35.4. The summed E-state index contributed by atoms with van der Waals surface area (Å²) >= 11 is 1.81. The third kappa shape index (κ3) is 1.48. The van der Waals surface area contributed by atoms with E-state index in [-0.39, 0.29) is 0 Å². The minimum atomic E-state index is 0.722. The summed E-state index contributed by atoms with van der Waals surface area (Å²) in [5.74, 6) is 0.934. The van der Waals surface area contributed by atoms with Crippen LogP contribution in [0.2, 0.25) is 0 Å². The molecule has 1 aliphatic heterocycles. The van der Waals surface area contributed by atoms with Crippen LogP contribution in [0.5, 0.6) is 0 Å². The van der Waals surface area contributed by atoms with Gasteiger partial charge in [0.2, 0.25) is 0 Å². The van der Waals surface area contributed by atoms with Gasteiger partial charge in [0.1, 0.15) is 0 Å². The van der Waals surface area contributed by atoms with E-state index in [4.69, 9.17) is 0 Å². The first-order valence-corrected chi connectivity index (χ1v) is 6.36. The zero-order chi connectivity index (χ0) is 9.54. The van der Waals surface area contributed by atoms with E-state index < -0.39 is 0 Å². The molecule has 2 heterocycles. The van der Waals surface area contributed by atoms with Gasteiger partial charge in [-0.1, -0.05) is 0 Å². The molecule has 0 radical (unpaired) electrons. The molecule has 2 aliphatic rings. The molecule has 3 heteroatoms. The van der Waals surface area contributed by atoms with E-state index in [1.54, 1.807) is 0 Å². The first-order valence-electron chi connectivity index (χ1n) is 5.48. The van der Waals surface area contributed by atoms with Crippen LogP contribution in [0.3, 0.4) is 0 Å². The molecule has 0 amide bonds. The molecule has 1 N–H and O–H groups in total. The lowest BCUT2D eigenvalue weighted by Crippen LogP contribution is -2.36. The zero-order valence-corrected chi connectivity index (χ0v) is 9.31. The molecule has 2 nitrogen and oxygen atoms in total. The number of piperidine rings is 1. The van der Waals surface area contributed by atoms with Crippen LogP contribution in [0.25, 0.3) is 0 Å². The van der Waals surface area contributed by atoms with Crippen molar-refractivity contribution >= 4 is 11.3 Å². The van der Waals surface area contributed by atoms with Crippen LogP contribution < -0.4 is 5.32 Å². The van der Waals surface area contributed by atoms with E-state index in [1.807, 2.05) is 11.3 Å². The maximum Gasteiger partial charge on any atom is 0.0943 e. The third-order valence-electron chi connectivity index (χ3n) is 3.55. The monoisotopic (exact) mass is 208 g/mol. The highest BCUT2D eigenvalue weighted by Crippen LogP contribution is 2.36. The van der Waals surface area contributed by atoms with E-state index >= 15 is 0 Å².